The predicted molar refractivity (Wildman–Crippen MR) is 106 cm³/mol. The van der Waals surface area contributed by atoms with Crippen LogP contribution in [0.15, 0.2) is 0 Å². The quantitative estimate of drug-likeness (QED) is 0.246. The molecule has 1 radical (unpaired) electrons. The van der Waals surface area contributed by atoms with Crippen LogP contribution >= 0.6 is 0 Å². The molecule has 0 spiro atoms. The van der Waals surface area contributed by atoms with E-state index in [0.717, 1.165) is 25.7 Å². The molecule has 0 aromatic rings. The molecule has 3 heteroatoms. The molecule has 0 saturated heterocycles. The van der Waals surface area contributed by atoms with Crippen LogP contribution in [-0.4, -0.2) is 33.8 Å². The fourth-order valence-corrected chi connectivity index (χ4v) is 15.5. The Morgan fingerprint density at radius 2 is 1.17 bits per heavy atom. The zero-order valence-electron chi connectivity index (χ0n) is 16.6. The third-order valence-electron chi connectivity index (χ3n) is 4.40. The standard InChI is InChI=1S/C8H16O2.3C4H9.Pb/c1-3-5-6-7(4-2)8(9)10;3*1-3-4-2;/h7H,3-6H2,1-2H3,(H,9,10);3*1,3-4H2,2H3;. The molecule has 0 amide bonds. The van der Waals surface area contributed by atoms with Crippen LogP contribution in [0.25, 0.3) is 0 Å². The van der Waals surface area contributed by atoms with Crippen LogP contribution in [0.2, 0.25) is 11.9 Å². The molecule has 1 unspecified atom stereocenters. The van der Waals surface area contributed by atoms with Gasteiger partial charge in [0.1, 0.15) is 0 Å². The van der Waals surface area contributed by atoms with Gasteiger partial charge < -0.3 is 5.11 Å². The summed E-state index contributed by atoms with van der Waals surface area (Å²) in [7, 11) is 0. The number of carboxylic acid groups (broad SMARTS) is 1. The summed E-state index contributed by atoms with van der Waals surface area (Å²) in [6, 6.07) is 0. The van der Waals surface area contributed by atoms with Gasteiger partial charge in [-0.3, -0.25) is 4.79 Å². The van der Waals surface area contributed by atoms with E-state index < -0.39 is 28.7 Å². The van der Waals surface area contributed by atoms with Crippen LogP contribution < -0.4 is 0 Å². The van der Waals surface area contributed by atoms with Gasteiger partial charge in [-0.05, 0) is 12.8 Å². The van der Waals surface area contributed by atoms with Crippen molar-refractivity contribution in [1.29, 1.82) is 0 Å². The molecular weight excluding hydrogens is 479 g/mol. The van der Waals surface area contributed by atoms with Gasteiger partial charge in [-0.25, -0.2) is 0 Å². The number of aliphatic carboxylic acids is 1. The zero-order chi connectivity index (χ0) is 17.9. The van der Waals surface area contributed by atoms with E-state index in [1.165, 1.54) is 38.5 Å². The first-order valence-corrected chi connectivity index (χ1v) is 18.4. The van der Waals surface area contributed by atoms with Crippen molar-refractivity contribution >= 4 is 28.7 Å². The molecule has 0 aliphatic heterocycles. The molecule has 0 rings (SSSR count). The van der Waals surface area contributed by atoms with Crippen LogP contribution in [0.3, 0.4) is 0 Å². The van der Waals surface area contributed by atoms with Crippen molar-refractivity contribution in [3.63, 3.8) is 0 Å². The van der Waals surface area contributed by atoms with E-state index in [1.807, 2.05) is 6.92 Å². The van der Waals surface area contributed by atoms with Crippen LogP contribution in [0.1, 0.15) is 98.8 Å². The van der Waals surface area contributed by atoms with E-state index in [-0.39, 0.29) is 5.92 Å². The van der Waals surface area contributed by atoms with E-state index in [9.17, 15) is 4.79 Å². The van der Waals surface area contributed by atoms with Crippen molar-refractivity contribution in [1.82, 2.24) is 0 Å². The molecule has 0 aliphatic rings. The Morgan fingerprint density at radius 1 is 0.783 bits per heavy atom. The van der Waals surface area contributed by atoms with E-state index in [2.05, 4.69) is 27.7 Å². The summed E-state index contributed by atoms with van der Waals surface area (Å²) in [5.74, 6) is -0.754. The van der Waals surface area contributed by atoms with Crippen molar-refractivity contribution < 1.29 is 9.90 Å². The second-order valence-corrected chi connectivity index (χ2v) is 18.3. The third kappa shape index (κ3) is 18.6. The van der Waals surface area contributed by atoms with Crippen molar-refractivity contribution in [2.75, 3.05) is 0 Å². The van der Waals surface area contributed by atoms with Crippen LogP contribution in [-0.2, 0) is 4.79 Å². The Balaban J connectivity index is 0. The molecular formula is C20H43O2Pb. The van der Waals surface area contributed by atoms with Gasteiger partial charge >= 0.3 is 99.9 Å². The molecule has 0 aromatic heterocycles. The number of carbonyl (C=O) groups is 1. The van der Waals surface area contributed by atoms with Crippen molar-refractivity contribution in [3.8, 4) is 0 Å². The van der Waals surface area contributed by atoms with E-state index in [0.29, 0.717) is 0 Å². The Labute approximate surface area is 155 Å². The van der Waals surface area contributed by atoms with Crippen LogP contribution in [0.5, 0.6) is 0 Å². The molecule has 0 heterocycles. The second-order valence-electron chi connectivity index (χ2n) is 6.65. The number of carboxylic acids is 1. The first kappa shape index (κ1) is 25.6. The monoisotopic (exact) mass is 523 g/mol. The fourth-order valence-electron chi connectivity index (χ4n) is 2.61. The molecule has 139 valence electrons. The minimum atomic E-state index is -0.995. The van der Waals surface area contributed by atoms with Gasteiger partial charge in [0.25, 0.3) is 0 Å². The molecule has 0 aromatic carbocycles. The average molecular weight is 523 g/mol. The van der Waals surface area contributed by atoms with E-state index >= 15 is 0 Å². The number of unbranched alkanes of at least 4 members (excludes halogenated alkanes) is 4. The van der Waals surface area contributed by atoms with Crippen molar-refractivity contribution in [2.45, 2.75) is 111 Å². The van der Waals surface area contributed by atoms with Gasteiger partial charge in [0.2, 0.25) is 0 Å². The van der Waals surface area contributed by atoms with Crippen LogP contribution in [0.4, 0.5) is 0 Å². The van der Waals surface area contributed by atoms with Crippen molar-refractivity contribution in [3.05, 3.63) is 0 Å². The van der Waals surface area contributed by atoms with Gasteiger partial charge in [-0.2, -0.15) is 0 Å². The summed E-state index contributed by atoms with van der Waals surface area (Å²) in [4.78, 5) is 10.4. The maximum atomic E-state index is 10.4. The summed E-state index contributed by atoms with van der Waals surface area (Å²) in [5.41, 5.74) is 0. The SMILES string of the molecule is CCCCC(CC)C(=O)O.CCC[CH2][Pb]([CH2]CCC)[CH2]CCC. The molecule has 0 fully saturated rings. The fraction of sp³-hybridized carbons (Fsp3) is 0.950. The van der Waals surface area contributed by atoms with Crippen LogP contribution in [0, 0.1) is 5.92 Å². The number of rotatable bonds is 14. The molecule has 0 aliphatic carbocycles. The second kappa shape index (κ2) is 20.4. The topological polar surface area (TPSA) is 37.3 Å². The summed E-state index contributed by atoms with van der Waals surface area (Å²) in [6.07, 6.45) is 12.6. The number of hydrogen-bond donors (Lipinski definition) is 1. The predicted octanol–water partition coefficient (Wildman–Crippen LogP) is 7.17. The Morgan fingerprint density at radius 3 is 1.43 bits per heavy atom. The molecule has 0 saturated carbocycles. The summed E-state index contributed by atoms with van der Waals surface area (Å²) < 4.78 is 5.09. The molecule has 2 nitrogen and oxygen atoms in total. The molecule has 1 atom stereocenters. The summed E-state index contributed by atoms with van der Waals surface area (Å²) in [5, 5.41) is 8.60. The van der Waals surface area contributed by atoms with Gasteiger partial charge in [-0.15, -0.1) is 0 Å². The Kier molecular flexibility index (Phi) is 22.8. The normalized spacial score (nSPS) is 11.9. The first-order chi connectivity index (χ1) is 11.1. The van der Waals surface area contributed by atoms with Gasteiger partial charge in [0, 0.05) is 0 Å². The van der Waals surface area contributed by atoms with Gasteiger partial charge in [0.05, 0.1) is 5.92 Å². The molecule has 0 bridgehead atoms. The third-order valence-corrected chi connectivity index (χ3v) is 16.8. The Hall–Kier alpha value is 0.392. The van der Waals surface area contributed by atoms with E-state index in [4.69, 9.17) is 5.11 Å². The van der Waals surface area contributed by atoms with Gasteiger partial charge in [0.15, 0.2) is 0 Å². The maximum absolute atomic E-state index is 10.4. The van der Waals surface area contributed by atoms with E-state index in [1.54, 1.807) is 11.9 Å². The Bertz CT molecular complexity index is 225. The van der Waals surface area contributed by atoms with Crippen molar-refractivity contribution in [2.24, 2.45) is 5.92 Å². The summed E-state index contributed by atoms with van der Waals surface area (Å²) in [6.45, 7) is 11.0. The van der Waals surface area contributed by atoms with Gasteiger partial charge in [-0.1, -0.05) is 26.7 Å². The molecule has 1 N–H and O–H groups in total. The average Bonchev–Trinajstić information content (AvgIpc) is 2.55. The zero-order valence-corrected chi connectivity index (χ0v) is 20.5. The minimum absolute atomic E-state index is 0.111. The number of hydrogen-bond acceptors (Lipinski definition) is 1. The summed E-state index contributed by atoms with van der Waals surface area (Å²) >= 11 is -0.995. The molecule has 23 heavy (non-hydrogen) atoms. The first-order valence-electron chi connectivity index (χ1n) is 10.1.